The zero-order chi connectivity index (χ0) is 15.6. The van der Waals surface area contributed by atoms with Gasteiger partial charge in [-0.25, -0.2) is 5.01 Å². The normalized spacial score (nSPS) is 18.1. The van der Waals surface area contributed by atoms with E-state index in [1.54, 1.807) is 0 Å². The van der Waals surface area contributed by atoms with Crippen molar-refractivity contribution in [3.63, 3.8) is 0 Å². The number of methoxy groups -OCH3 is 1. The number of ether oxygens (including phenoxy) is 1. The highest BCUT2D eigenvalue weighted by Crippen LogP contribution is 2.24. The Balaban J connectivity index is 2.19. The van der Waals surface area contributed by atoms with Gasteiger partial charge in [0, 0.05) is 12.0 Å². The summed E-state index contributed by atoms with van der Waals surface area (Å²) in [7, 11) is 1.24. The molecule has 2 amide bonds. The third-order valence-corrected chi connectivity index (χ3v) is 3.78. The maximum Gasteiger partial charge on any atom is 0.311 e. The minimum atomic E-state index is -0.685. The van der Waals surface area contributed by atoms with Crippen LogP contribution in [0.25, 0.3) is 0 Å². The summed E-state index contributed by atoms with van der Waals surface area (Å²) in [6.45, 7) is 0.0392. The van der Waals surface area contributed by atoms with Crippen LogP contribution in [0.2, 0.25) is 10.0 Å². The third kappa shape index (κ3) is 3.46. The van der Waals surface area contributed by atoms with Crippen molar-refractivity contribution in [2.24, 2.45) is 5.92 Å². The molecule has 0 aliphatic carbocycles. The monoisotopic (exact) mass is 330 g/mol. The summed E-state index contributed by atoms with van der Waals surface area (Å²) >= 11 is 11.7. The predicted molar refractivity (Wildman–Crippen MR) is 75.8 cm³/mol. The Morgan fingerprint density at radius 3 is 2.67 bits per heavy atom. The van der Waals surface area contributed by atoms with Gasteiger partial charge in [0.15, 0.2) is 0 Å². The van der Waals surface area contributed by atoms with E-state index in [1.165, 1.54) is 25.3 Å². The highest BCUT2D eigenvalue weighted by atomic mass is 35.5. The van der Waals surface area contributed by atoms with Gasteiger partial charge in [-0.3, -0.25) is 19.8 Å². The maximum atomic E-state index is 12.3. The van der Waals surface area contributed by atoms with Gasteiger partial charge in [-0.1, -0.05) is 23.2 Å². The number of hydrogen-bond donors (Lipinski definition) is 1. The highest BCUT2D eigenvalue weighted by molar-refractivity contribution is 6.42. The van der Waals surface area contributed by atoms with Gasteiger partial charge in [-0.05, 0) is 18.2 Å². The zero-order valence-electron chi connectivity index (χ0n) is 11.1. The van der Waals surface area contributed by atoms with Gasteiger partial charge in [0.1, 0.15) is 0 Å². The van der Waals surface area contributed by atoms with Crippen molar-refractivity contribution in [3.05, 3.63) is 33.8 Å². The summed E-state index contributed by atoms with van der Waals surface area (Å²) in [6, 6.07) is 4.38. The van der Waals surface area contributed by atoms with Crippen LogP contribution >= 0.6 is 23.2 Å². The van der Waals surface area contributed by atoms with Gasteiger partial charge >= 0.3 is 5.97 Å². The van der Waals surface area contributed by atoms with E-state index in [2.05, 4.69) is 10.2 Å². The van der Waals surface area contributed by atoms with Crippen LogP contribution in [0.3, 0.4) is 0 Å². The molecule has 0 aromatic heterocycles. The smallest absolute Gasteiger partial charge is 0.311 e. The Kier molecular flexibility index (Phi) is 4.69. The fraction of sp³-hybridized carbons (Fsp3) is 0.308. The zero-order valence-corrected chi connectivity index (χ0v) is 12.6. The fourth-order valence-electron chi connectivity index (χ4n) is 1.99. The largest absolute Gasteiger partial charge is 0.469 e. The first-order valence-corrected chi connectivity index (χ1v) is 6.82. The Morgan fingerprint density at radius 1 is 1.33 bits per heavy atom. The first kappa shape index (κ1) is 15.6. The summed E-state index contributed by atoms with van der Waals surface area (Å²) in [6.07, 6.45) is -0.0160. The summed E-state index contributed by atoms with van der Waals surface area (Å²) < 4.78 is 4.61. The molecule has 2 rings (SSSR count). The third-order valence-electron chi connectivity index (χ3n) is 3.04. The Morgan fingerprint density at radius 2 is 2.05 bits per heavy atom. The van der Waals surface area contributed by atoms with E-state index < -0.39 is 23.7 Å². The molecule has 0 radical (unpaired) electrons. The lowest BCUT2D eigenvalue weighted by Gasteiger charge is -2.31. The molecule has 1 N–H and O–H groups in total. The van der Waals surface area contributed by atoms with Crippen LogP contribution in [-0.2, 0) is 14.3 Å². The van der Waals surface area contributed by atoms with E-state index in [0.29, 0.717) is 5.02 Å². The number of esters is 1. The number of hydrazine groups is 1. The van der Waals surface area contributed by atoms with E-state index >= 15 is 0 Å². The van der Waals surface area contributed by atoms with Crippen molar-refractivity contribution in [1.29, 1.82) is 0 Å². The van der Waals surface area contributed by atoms with Crippen LogP contribution < -0.4 is 5.43 Å². The van der Waals surface area contributed by atoms with Crippen LogP contribution in [0.15, 0.2) is 18.2 Å². The molecule has 1 aliphatic rings. The highest BCUT2D eigenvalue weighted by Gasteiger charge is 2.33. The topological polar surface area (TPSA) is 75.7 Å². The number of hydrogen-bond acceptors (Lipinski definition) is 4. The maximum absolute atomic E-state index is 12.3. The quantitative estimate of drug-likeness (QED) is 0.837. The van der Waals surface area contributed by atoms with Crippen LogP contribution in [0.4, 0.5) is 0 Å². The molecule has 1 aromatic carbocycles. The van der Waals surface area contributed by atoms with Crippen LogP contribution in [0.5, 0.6) is 0 Å². The number of carbonyl (C=O) groups is 3. The van der Waals surface area contributed by atoms with Crippen LogP contribution in [0, 0.1) is 5.92 Å². The van der Waals surface area contributed by atoms with Gasteiger partial charge < -0.3 is 4.74 Å². The van der Waals surface area contributed by atoms with Crippen molar-refractivity contribution in [3.8, 4) is 0 Å². The Hall–Kier alpha value is -1.79. The molecule has 1 fully saturated rings. The van der Waals surface area contributed by atoms with Crippen molar-refractivity contribution in [1.82, 2.24) is 10.4 Å². The summed E-state index contributed by atoms with van der Waals surface area (Å²) in [5.41, 5.74) is 2.68. The first-order chi connectivity index (χ1) is 9.92. The van der Waals surface area contributed by atoms with E-state index in [1.807, 2.05) is 0 Å². The van der Waals surface area contributed by atoms with E-state index in [0.717, 1.165) is 5.01 Å². The van der Waals surface area contributed by atoms with Crippen molar-refractivity contribution < 1.29 is 19.1 Å². The van der Waals surface area contributed by atoms with E-state index in [4.69, 9.17) is 23.2 Å². The first-order valence-electron chi connectivity index (χ1n) is 6.06. The molecule has 1 aromatic rings. The lowest BCUT2D eigenvalue weighted by molar-refractivity contribution is -0.151. The number of benzene rings is 1. The van der Waals surface area contributed by atoms with Gasteiger partial charge in [-0.2, -0.15) is 0 Å². The predicted octanol–water partition coefficient (Wildman–Crippen LogP) is 1.66. The standard InChI is InChI=1S/C13H12Cl2N2O4/c1-21-13(20)8-5-11(18)16-17(6-8)12(19)7-2-3-9(14)10(15)4-7/h2-4,8H,5-6H2,1H3,(H,16,18). The van der Waals surface area contributed by atoms with Crippen molar-refractivity contribution >= 4 is 41.0 Å². The average molecular weight is 331 g/mol. The summed E-state index contributed by atoms with van der Waals surface area (Å²) in [5, 5.41) is 1.63. The van der Waals surface area contributed by atoms with E-state index in [9.17, 15) is 14.4 Å². The number of nitrogens with zero attached hydrogens (tertiary/aromatic N) is 1. The molecular weight excluding hydrogens is 319 g/mol. The molecule has 0 saturated carbocycles. The molecule has 1 unspecified atom stereocenters. The fourth-order valence-corrected chi connectivity index (χ4v) is 2.29. The lowest BCUT2D eigenvalue weighted by Crippen LogP contribution is -2.54. The molecule has 6 nitrogen and oxygen atoms in total. The van der Waals surface area contributed by atoms with Crippen molar-refractivity contribution in [2.75, 3.05) is 13.7 Å². The van der Waals surface area contributed by atoms with Crippen molar-refractivity contribution in [2.45, 2.75) is 6.42 Å². The molecule has 0 bridgehead atoms. The number of amides is 2. The second-order valence-electron chi connectivity index (χ2n) is 4.50. The second kappa shape index (κ2) is 6.32. The Bertz CT molecular complexity index is 606. The number of carbonyl (C=O) groups excluding carboxylic acids is 3. The minimum absolute atomic E-state index is 0.0160. The number of halogens is 2. The molecule has 1 saturated heterocycles. The van der Waals surface area contributed by atoms with Gasteiger partial charge in [-0.15, -0.1) is 0 Å². The van der Waals surface area contributed by atoms with Crippen LogP contribution in [0.1, 0.15) is 16.8 Å². The molecule has 1 aliphatic heterocycles. The van der Waals surface area contributed by atoms with Gasteiger partial charge in [0.25, 0.3) is 5.91 Å². The SMILES string of the molecule is COC(=O)C1CC(=O)NN(C(=O)c2ccc(Cl)c(Cl)c2)C1. The Labute approximate surface area is 130 Å². The van der Waals surface area contributed by atoms with Crippen LogP contribution in [-0.4, -0.2) is 36.4 Å². The second-order valence-corrected chi connectivity index (χ2v) is 5.32. The molecular formula is C13H12Cl2N2O4. The number of rotatable bonds is 2. The minimum Gasteiger partial charge on any atom is -0.469 e. The molecule has 112 valence electrons. The molecule has 0 spiro atoms. The van der Waals surface area contributed by atoms with Gasteiger partial charge in [0.2, 0.25) is 5.91 Å². The molecule has 1 atom stereocenters. The molecule has 21 heavy (non-hydrogen) atoms. The molecule has 1 heterocycles. The van der Waals surface area contributed by atoms with E-state index in [-0.39, 0.29) is 23.6 Å². The summed E-state index contributed by atoms with van der Waals surface area (Å²) in [4.78, 5) is 35.5. The lowest BCUT2D eigenvalue weighted by atomic mass is 10.0. The van der Waals surface area contributed by atoms with Gasteiger partial charge in [0.05, 0.1) is 29.6 Å². The number of nitrogens with one attached hydrogen (secondary N) is 1. The molecule has 8 heteroatoms. The average Bonchev–Trinajstić information content (AvgIpc) is 2.47. The summed E-state index contributed by atoms with van der Waals surface area (Å²) in [5.74, 6) is -2.12.